The number of halogens is 1. The van der Waals surface area contributed by atoms with Crippen molar-refractivity contribution in [2.75, 3.05) is 11.9 Å². The quantitative estimate of drug-likeness (QED) is 0.803. The van der Waals surface area contributed by atoms with Crippen molar-refractivity contribution in [2.24, 2.45) is 0 Å². The third-order valence-electron chi connectivity index (χ3n) is 4.51. The number of piperidine rings is 1. The lowest BCUT2D eigenvalue weighted by Gasteiger charge is -2.35. The number of hydrogen-bond acceptors (Lipinski definition) is 3. The van der Waals surface area contributed by atoms with Gasteiger partial charge < -0.3 is 10.2 Å². The lowest BCUT2D eigenvalue weighted by Crippen LogP contribution is -2.43. The van der Waals surface area contributed by atoms with Crippen LogP contribution < -0.4 is 5.32 Å². The molecule has 1 aromatic heterocycles. The van der Waals surface area contributed by atoms with Gasteiger partial charge in [0.1, 0.15) is 5.82 Å². The van der Waals surface area contributed by atoms with Gasteiger partial charge in [0.15, 0.2) is 0 Å². The number of pyridine rings is 1. The van der Waals surface area contributed by atoms with Gasteiger partial charge in [0.2, 0.25) is 0 Å². The summed E-state index contributed by atoms with van der Waals surface area (Å²) in [6.07, 6.45) is 6.10. The van der Waals surface area contributed by atoms with Crippen LogP contribution in [0.1, 0.15) is 43.0 Å². The average molecular weight is 388 g/mol. The topological polar surface area (TPSA) is 45.2 Å². The molecular weight excluding hydrogens is 366 g/mol. The van der Waals surface area contributed by atoms with Crippen molar-refractivity contribution in [2.45, 2.75) is 38.6 Å². The smallest absolute Gasteiger partial charge is 0.255 e. The number of likely N-dealkylation sites (tertiary alicyclic amines) is 1. The third-order valence-corrected chi connectivity index (χ3v) is 5.20. The van der Waals surface area contributed by atoms with Gasteiger partial charge in [-0.05, 0) is 65.9 Å². The van der Waals surface area contributed by atoms with E-state index in [1.807, 2.05) is 41.3 Å². The van der Waals surface area contributed by atoms with E-state index in [-0.39, 0.29) is 5.91 Å². The molecule has 0 saturated carbocycles. The van der Waals surface area contributed by atoms with Crippen molar-refractivity contribution in [3.05, 3.63) is 52.6 Å². The Kier molecular flexibility index (Phi) is 5.51. The van der Waals surface area contributed by atoms with Crippen molar-refractivity contribution in [1.29, 1.82) is 0 Å². The van der Waals surface area contributed by atoms with E-state index in [0.717, 1.165) is 41.8 Å². The first-order chi connectivity index (χ1) is 11.7. The van der Waals surface area contributed by atoms with Gasteiger partial charge in [-0.15, -0.1) is 0 Å². The maximum absolute atomic E-state index is 12.8. The highest BCUT2D eigenvalue weighted by Gasteiger charge is 2.26. The van der Waals surface area contributed by atoms with Crippen LogP contribution in [0.4, 0.5) is 11.5 Å². The summed E-state index contributed by atoms with van der Waals surface area (Å²) in [7, 11) is 0. The van der Waals surface area contributed by atoms with Gasteiger partial charge in [-0.3, -0.25) is 4.79 Å². The van der Waals surface area contributed by atoms with Crippen molar-refractivity contribution >= 4 is 33.3 Å². The van der Waals surface area contributed by atoms with Gasteiger partial charge in [0, 0.05) is 23.3 Å². The molecule has 1 aliphatic heterocycles. The number of para-hydroxylation sites is 1. The molecule has 1 fully saturated rings. The molecule has 4 nitrogen and oxygen atoms in total. The van der Waals surface area contributed by atoms with Crippen LogP contribution in [0.2, 0.25) is 0 Å². The second-order valence-electron chi connectivity index (χ2n) is 6.09. The van der Waals surface area contributed by atoms with Gasteiger partial charge >= 0.3 is 0 Å². The highest BCUT2D eigenvalue weighted by molar-refractivity contribution is 9.10. The SMILES string of the molecule is CCC1CCCCN1C(=O)c1ccc(Nc2ccccc2Br)nc1. The molecule has 3 rings (SSSR count). The Morgan fingerprint density at radius 1 is 1.29 bits per heavy atom. The molecule has 0 radical (unpaired) electrons. The molecule has 1 atom stereocenters. The highest BCUT2D eigenvalue weighted by Crippen LogP contribution is 2.25. The van der Waals surface area contributed by atoms with Crippen molar-refractivity contribution in [3.63, 3.8) is 0 Å². The fraction of sp³-hybridized carbons (Fsp3) is 0.368. The normalized spacial score (nSPS) is 17.6. The van der Waals surface area contributed by atoms with E-state index in [4.69, 9.17) is 0 Å². The monoisotopic (exact) mass is 387 g/mol. The number of anilines is 2. The molecule has 1 N–H and O–H groups in total. The molecule has 0 spiro atoms. The van der Waals surface area contributed by atoms with E-state index in [2.05, 4.69) is 33.2 Å². The van der Waals surface area contributed by atoms with Crippen LogP contribution in [0, 0.1) is 0 Å². The molecule has 1 unspecified atom stereocenters. The number of nitrogens with zero attached hydrogens (tertiary/aromatic N) is 2. The van der Waals surface area contributed by atoms with E-state index in [0.29, 0.717) is 11.6 Å². The van der Waals surface area contributed by atoms with E-state index < -0.39 is 0 Å². The Hall–Kier alpha value is -1.88. The Balaban J connectivity index is 1.72. The molecule has 1 amide bonds. The second kappa shape index (κ2) is 7.79. The molecule has 5 heteroatoms. The number of benzene rings is 1. The summed E-state index contributed by atoms with van der Waals surface area (Å²) in [4.78, 5) is 19.2. The Labute approximate surface area is 151 Å². The van der Waals surface area contributed by atoms with Gasteiger partial charge in [0.25, 0.3) is 5.91 Å². The summed E-state index contributed by atoms with van der Waals surface area (Å²) in [5, 5.41) is 3.25. The predicted octanol–water partition coefficient (Wildman–Crippen LogP) is 4.99. The Morgan fingerprint density at radius 3 is 2.83 bits per heavy atom. The highest BCUT2D eigenvalue weighted by atomic mass is 79.9. The van der Waals surface area contributed by atoms with Crippen LogP contribution in [0.5, 0.6) is 0 Å². The molecule has 2 heterocycles. The summed E-state index contributed by atoms with van der Waals surface area (Å²) in [5.74, 6) is 0.825. The van der Waals surface area contributed by atoms with Crippen molar-refractivity contribution in [1.82, 2.24) is 9.88 Å². The van der Waals surface area contributed by atoms with Crippen LogP contribution in [-0.4, -0.2) is 28.4 Å². The molecule has 0 aliphatic carbocycles. The zero-order valence-corrected chi connectivity index (χ0v) is 15.4. The van der Waals surface area contributed by atoms with Gasteiger partial charge in [-0.25, -0.2) is 4.98 Å². The Bertz CT molecular complexity index is 702. The van der Waals surface area contributed by atoms with Crippen LogP contribution in [0.25, 0.3) is 0 Å². The molecule has 1 aliphatic rings. The minimum atomic E-state index is 0.0986. The number of nitrogens with one attached hydrogen (secondary N) is 1. The first-order valence-corrected chi connectivity index (χ1v) is 9.27. The lowest BCUT2D eigenvalue weighted by atomic mass is 9.99. The number of carbonyl (C=O) groups is 1. The maximum Gasteiger partial charge on any atom is 0.255 e. The molecule has 24 heavy (non-hydrogen) atoms. The van der Waals surface area contributed by atoms with Crippen LogP contribution >= 0.6 is 15.9 Å². The van der Waals surface area contributed by atoms with E-state index in [1.165, 1.54) is 6.42 Å². The molecular formula is C19H22BrN3O. The lowest BCUT2D eigenvalue weighted by molar-refractivity contribution is 0.0607. The van der Waals surface area contributed by atoms with Gasteiger partial charge in [-0.1, -0.05) is 19.1 Å². The van der Waals surface area contributed by atoms with E-state index >= 15 is 0 Å². The minimum absolute atomic E-state index is 0.0986. The predicted molar refractivity (Wildman–Crippen MR) is 101 cm³/mol. The van der Waals surface area contributed by atoms with E-state index in [1.54, 1.807) is 6.20 Å². The maximum atomic E-state index is 12.8. The summed E-state index contributed by atoms with van der Waals surface area (Å²) in [5.41, 5.74) is 1.61. The first-order valence-electron chi connectivity index (χ1n) is 8.47. The van der Waals surface area contributed by atoms with Crippen molar-refractivity contribution < 1.29 is 4.79 Å². The van der Waals surface area contributed by atoms with Crippen molar-refractivity contribution in [3.8, 4) is 0 Å². The van der Waals surface area contributed by atoms with Crippen LogP contribution in [-0.2, 0) is 0 Å². The van der Waals surface area contributed by atoms with Crippen LogP contribution in [0.15, 0.2) is 47.1 Å². The number of rotatable bonds is 4. The van der Waals surface area contributed by atoms with E-state index in [9.17, 15) is 4.79 Å². The number of amides is 1. The number of hydrogen-bond donors (Lipinski definition) is 1. The number of carbonyl (C=O) groups excluding carboxylic acids is 1. The molecule has 2 aromatic rings. The first kappa shape index (κ1) is 17.0. The second-order valence-corrected chi connectivity index (χ2v) is 6.95. The Morgan fingerprint density at radius 2 is 2.12 bits per heavy atom. The largest absolute Gasteiger partial charge is 0.339 e. The summed E-state index contributed by atoms with van der Waals surface area (Å²) >= 11 is 3.51. The summed E-state index contributed by atoms with van der Waals surface area (Å²) in [6.45, 7) is 3.01. The molecule has 1 saturated heterocycles. The third kappa shape index (κ3) is 3.78. The number of aromatic nitrogens is 1. The zero-order valence-electron chi connectivity index (χ0n) is 13.8. The fourth-order valence-electron chi connectivity index (χ4n) is 3.15. The fourth-order valence-corrected chi connectivity index (χ4v) is 3.54. The van der Waals surface area contributed by atoms with Crippen LogP contribution in [0.3, 0.4) is 0 Å². The van der Waals surface area contributed by atoms with Gasteiger partial charge in [0.05, 0.1) is 11.3 Å². The molecule has 1 aromatic carbocycles. The molecule has 126 valence electrons. The summed E-state index contributed by atoms with van der Waals surface area (Å²) in [6, 6.07) is 12.0. The average Bonchev–Trinajstić information content (AvgIpc) is 2.63. The van der Waals surface area contributed by atoms with Gasteiger partial charge in [-0.2, -0.15) is 0 Å². The molecule has 0 bridgehead atoms. The zero-order chi connectivity index (χ0) is 16.9. The summed E-state index contributed by atoms with van der Waals surface area (Å²) < 4.78 is 0.978. The minimum Gasteiger partial charge on any atom is -0.339 e. The standard InChI is InChI=1S/C19H22BrN3O/c1-2-15-7-5-6-12-23(15)19(24)14-10-11-18(21-13-14)22-17-9-4-3-8-16(17)20/h3-4,8-11,13,15H,2,5-7,12H2,1H3,(H,21,22).